The van der Waals surface area contributed by atoms with E-state index in [-0.39, 0.29) is 5.91 Å². The molecular formula is C21H23N3O5. The van der Waals surface area contributed by atoms with Crippen molar-refractivity contribution in [3.05, 3.63) is 59.3 Å². The van der Waals surface area contributed by atoms with Crippen LogP contribution in [0.3, 0.4) is 0 Å². The van der Waals surface area contributed by atoms with E-state index in [1.807, 2.05) is 18.2 Å². The molecule has 0 fully saturated rings. The average Bonchev–Trinajstić information content (AvgIpc) is 2.72. The van der Waals surface area contributed by atoms with Gasteiger partial charge in [0, 0.05) is 23.0 Å². The van der Waals surface area contributed by atoms with Crippen LogP contribution in [0.2, 0.25) is 0 Å². The van der Waals surface area contributed by atoms with Crippen LogP contribution in [-0.2, 0) is 4.79 Å². The summed E-state index contributed by atoms with van der Waals surface area (Å²) in [5, 5.41) is 8.32. The Morgan fingerprint density at radius 2 is 1.59 bits per heavy atom. The van der Waals surface area contributed by atoms with Gasteiger partial charge in [-0.15, -0.1) is 0 Å². The first-order valence-electron chi connectivity index (χ1n) is 8.93. The molecule has 1 heterocycles. The normalized spacial score (nSPS) is 15.9. The smallest absolute Gasteiger partial charge is 0.319 e. The quantitative estimate of drug-likeness (QED) is 0.696. The fraction of sp³-hybridized carbons (Fsp3) is 0.238. The Hall–Kier alpha value is -3.68. The van der Waals surface area contributed by atoms with Gasteiger partial charge in [0.15, 0.2) is 11.5 Å². The number of allylic oxidation sites excluding steroid dienone is 1. The predicted octanol–water partition coefficient (Wildman–Crippen LogP) is 2.98. The van der Waals surface area contributed by atoms with Crippen molar-refractivity contribution in [2.24, 2.45) is 0 Å². The van der Waals surface area contributed by atoms with Gasteiger partial charge in [0.1, 0.15) is 5.75 Å². The molecule has 0 saturated heterocycles. The van der Waals surface area contributed by atoms with Gasteiger partial charge in [-0.05, 0) is 25.1 Å². The van der Waals surface area contributed by atoms with Crippen LogP contribution in [0.4, 0.5) is 10.5 Å². The summed E-state index contributed by atoms with van der Waals surface area (Å²) < 4.78 is 16.2. The molecule has 1 atom stereocenters. The second kappa shape index (κ2) is 8.55. The summed E-state index contributed by atoms with van der Waals surface area (Å²) in [6.45, 7) is 1.68. The lowest BCUT2D eigenvalue weighted by atomic mass is 9.93. The minimum atomic E-state index is -0.748. The zero-order valence-electron chi connectivity index (χ0n) is 16.7. The fourth-order valence-electron chi connectivity index (χ4n) is 3.23. The van der Waals surface area contributed by atoms with Gasteiger partial charge < -0.3 is 30.2 Å². The van der Waals surface area contributed by atoms with Crippen molar-refractivity contribution < 1.29 is 23.8 Å². The first-order chi connectivity index (χ1) is 14.0. The Labute approximate surface area is 168 Å². The monoisotopic (exact) mass is 397 g/mol. The molecule has 0 bridgehead atoms. The predicted molar refractivity (Wildman–Crippen MR) is 108 cm³/mol. The fourth-order valence-corrected chi connectivity index (χ4v) is 3.23. The molecule has 0 aliphatic carbocycles. The first kappa shape index (κ1) is 20.1. The lowest BCUT2D eigenvalue weighted by molar-refractivity contribution is -0.113. The second-order valence-electron chi connectivity index (χ2n) is 6.34. The molecule has 3 amide bonds. The van der Waals surface area contributed by atoms with Crippen LogP contribution in [0.15, 0.2) is 53.7 Å². The van der Waals surface area contributed by atoms with E-state index in [0.717, 1.165) is 0 Å². The van der Waals surface area contributed by atoms with E-state index in [0.29, 0.717) is 39.8 Å². The van der Waals surface area contributed by atoms with E-state index in [9.17, 15) is 9.59 Å². The van der Waals surface area contributed by atoms with Gasteiger partial charge in [-0.3, -0.25) is 4.79 Å². The molecule has 8 nitrogen and oxygen atoms in total. The SMILES string of the molecule is COc1cc(OC)c([C@H]2NC(=O)NC(C)=C2C(=O)Nc2ccccc2)cc1OC. The minimum absolute atomic E-state index is 0.344. The van der Waals surface area contributed by atoms with Gasteiger partial charge in [0.25, 0.3) is 5.91 Å². The van der Waals surface area contributed by atoms with Crippen LogP contribution in [-0.4, -0.2) is 33.3 Å². The molecule has 0 saturated carbocycles. The number of para-hydroxylation sites is 1. The summed E-state index contributed by atoms with van der Waals surface area (Å²) in [6, 6.07) is 11.3. The Bertz CT molecular complexity index is 956. The molecule has 0 aromatic heterocycles. The minimum Gasteiger partial charge on any atom is -0.496 e. The van der Waals surface area contributed by atoms with Gasteiger partial charge in [-0.1, -0.05) is 18.2 Å². The summed E-state index contributed by atoms with van der Waals surface area (Å²) in [4.78, 5) is 25.3. The first-order valence-corrected chi connectivity index (χ1v) is 8.93. The number of amides is 3. The van der Waals surface area contributed by atoms with E-state index in [2.05, 4.69) is 16.0 Å². The number of anilines is 1. The lowest BCUT2D eigenvalue weighted by Crippen LogP contribution is -2.46. The molecule has 2 aromatic rings. The van der Waals surface area contributed by atoms with Crippen LogP contribution in [0, 0.1) is 0 Å². The number of benzene rings is 2. The van der Waals surface area contributed by atoms with Gasteiger partial charge in [0.05, 0.1) is 32.9 Å². The molecule has 3 rings (SSSR count). The summed E-state index contributed by atoms with van der Waals surface area (Å²) in [5.41, 5.74) is 2.02. The number of ether oxygens (including phenoxy) is 3. The summed E-state index contributed by atoms with van der Waals surface area (Å²) in [7, 11) is 4.54. The molecule has 29 heavy (non-hydrogen) atoms. The number of methoxy groups -OCH3 is 3. The van der Waals surface area contributed by atoms with Gasteiger partial charge in [0.2, 0.25) is 0 Å². The molecule has 2 aromatic carbocycles. The molecule has 8 heteroatoms. The van der Waals surface area contributed by atoms with Crippen molar-refractivity contribution in [3.8, 4) is 17.2 Å². The van der Waals surface area contributed by atoms with Gasteiger partial charge >= 0.3 is 6.03 Å². The molecule has 0 radical (unpaired) electrons. The molecule has 1 aliphatic rings. The molecule has 1 aliphatic heterocycles. The topological polar surface area (TPSA) is 97.9 Å². The highest BCUT2D eigenvalue weighted by Crippen LogP contribution is 2.40. The number of hydrogen-bond acceptors (Lipinski definition) is 5. The van der Waals surface area contributed by atoms with Crippen LogP contribution >= 0.6 is 0 Å². The van der Waals surface area contributed by atoms with E-state index < -0.39 is 12.1 Å². The Morgan fingerprint density at radius 1 is 0.966 bits per heavy atom. The molecule has 152 valence electrons. The third-order valence-electron chi connectivity index (χ3n) is 4.59. The summed E-state index contributed by atoms with van der Waals surface area (Å²) >= 11 is 0. The zero-order valence-corrected chi connectivity index (χ0v) is 16.7. The van der Waals surface area contributed by atoms with E-state index in [1.165, 1.54) is 21.3 Å². The number of urea groups is 1. The van der Waals surface area contributed by atoms with E-state index >= 15 is 0 Å². The maximum absolute atomic E-state index is 13.1. The largest absolute Gasteiger partial charge is 0.496 e. The highest BCUT2D eigenvalue weighted by molar-refractivity contribution is 6.06. The van der Waals surface area contributed by atoms with Gasteiger partial charge in [-0.2, -0.15) is 0 Å². The Balaban J connectivity index is 2.07. The number of hydrogen-bond donors (Lipinski definition) is 3. The molecule has 0 spiro atoms. The highest BCUT2D eigenvalue weighted by Gasteiger charge is 2.34. The highest BCUT2D eigenvalue weighted by atomic mass is 16.5. The number of carbonyl (C=O) groups excluding carboxylic acids is 2. The molecule has 0 unspecified atom stereocenters. The third kappa shape index (κ3) is 4.11. The van der Waals surface area contributed by atoms with Crippen molar-refractivity contribution in [1.82, 2.24) is 10.6 Å². The van der Waals surface area contributed by atoms with Gasteiger partial charge in [-0.25, -0.2) is 4.79 Å². The van der Waals surface area contributed by atoms with Crippen molar-refractivity contribution in [1.29, 1.82) is 0 Å². The average molecular weight is 397 g/mol. The maximum Gasteiger partial charge on any atom is 0.319 e. The second-order valence-corrected chi connectivity index (χ2v) is 6.34. The molecular weight excluding hydrogens is 374 g/mol. The van der Waals surface area contributed by atoms with Crippen LogP contribution in [0.5, 0.6) is 17.2 Å². The third-order valence-corrected chi connectivity index (χ3v) is 4.59. The standard InChI is InChI=1S/C21H23N3O5/c1-12-18(20(25)23-13-8-6-5-7-9-13)19(24-21(26)22-12)14-10-16(28-3)17(29-4)11-15(14)27-2/h5-11,19H,1-4H3,(H,23,25)(H2,22,24,26)/t19-/m1/s1. The summed E-state index contributed by atoms with van der Waals surface area (Å²) in [5.74, 6) is 1.04. The van der Waals surface area contributed by atoms with Crippen LogP contribution < -0.4 is 30.2 Å². The van der Waals surface area contributed by atoms with E-state index in [4.69, 9.17) is 14.2 Å². The van der Waals surface area contributed by atoms with Crippen molar-refractivity contribution >= 4 is 17.6 Å². The van der Waals surface area contributed by atoms with Crippen LogP contribution in [0.25, 0.3) is 0 Å². The number of nitrogens with one attached hydrogen (secondary N) is 3. The maximum atomic E-state index is 13.1. The Morgan fingerprint density at radius 3 is 2.21 bits per heavy atom. The van der Waals surface area contributed by atoms with Crippen LogP contribution in [0.1, 0.15) is 18.5 Å². The number of carbonyl (C=O) groups is 2. The zero-order chi connectivity index (χ0) is 21.0. The summed E-state index contributed by atoms with van der Waals surface area (Å²) in [6.07, 6.45) is 0. The van der Waals surface area contributed by atoms with Crippen molar-refractivity contribution in [3.63, 3.8) is 0 Å². The Kier molecular flexibility index (Phi) is 5.92. The van der Waals surface area contributed by atoms with Crippen molar-refractivity contribution in [2.75, 3.05) is 26.6 Å². The van der Waals surface area contributed by atoms with Crippen molar-refractivity contribution in [2.45, 2.75) is 13.0 Å². The molecule has 3 N–H and O–H groups in total. The number of rotatable bonds is 6. The van der Waals surface area contributed by atoms with E-state index in [1.54, 1.807) is 31.2 Å². The lowest BCUT2D eigenvalue weighted by Gasteiger charge is -2.30.